The summed E-state index contributed by atoms with van der Waals surface area (Å²) in [6, 6.07) is 5.63. The van der Waals surface area contributed by atoms with Crippen LogP contribution in [0.5, 0.6) is 0 Å². The maximum Gasteiger partial charge on any atom is 0.0842 e. The van der Waals surface area contributed by atoms with Crippen LogP contribution in [-0.4, -0.2) is 10.7 Å². The molecule has 0 aliphatic carbocycles. The fraction of sp³-hybridized carbons (Fsp3) is 0.400. The highest BCUT2D eigenvalue weighted by Crippen LogP contribution is 2.18. The molecule has 0 amide bonds. The van der Waals surface area contributed by atoms with Gasteiger partial charge in [-0.15, -0.1) is 0 Å². The zero-order chi connectivity index (χ0) is 9.19. The lowest BCUT2D eigenvalue weighted by Gasteiger charge is -2.18. The van der Waals surface area contributed by atoms with Crippen molar-refractivity contribution < 1.29 is 0 Å². The van der Waals surface area contributed by atoms with Crippen molar-refractivity contribution >= 4 is 5.71 Å². The molecule has 0 saturated carbocycles. The third-order valence-electron chi connectivity index (χ3n) is 1.67. The lowest BCUT2D eigenvalue weighted by Crippen LogP contribution is -2.21. The topological polar surface area (TPSA) is 36.7 Å². The van der Waals surface area contributed by atoms with Crippen molar-refractivity contribution in [1.29, 1.82) is 5.41 Å². The van der Waals surface area contributed by atoms with E-state index in [2.05, 4.69) is 4.98 Å². The van der Waals surface area contributed by atoms with E-state index in [1.54, 1.807) is 6.20 Å². The fourth-order valence-electron chi connectivity index (χ4n) is 0.895. The number of hydrogen-bond acceptors (Lipinski definition) is 2. The van der Waals surface area contributed by atoms with Gasteiger partial charge in [0.1, 0.15) is 0 Å². The molecule has 12 heavy (non-hydrogen) atoms. The van der Waals surface area contributed by atoms with Gasteiger partial charge in [0.2, 0.25) is 0 Å². The van der Waals surface area contributed by atoms with Crippen molar-refractivity contribution in [2.45, 2.75) is 20.8 Å². The molecule has 0 atom stereocenters. The van der Waals surface area contributed by atoms with Gasteiger partial charge < -0.3 is 5.41 Å². The summed E-state index contributed by atoms with van der Waals surface area (Å²) in [6.45, 7) is 6.05. The summed E-state index contributed by atoms with van der Waals surface area (Å²) in [5, 5.41) is 7.82. The van der Waals surface area contributed by atoms with Crippen molar-refractivity contribution in [3.8, 4) is 0 Å². The Hall–Kier alpha value is -1.18. The number of nitrogens with zero attached hydrogens (tertiary/aromatic N) is 1. The molecule has 0 aliphatic rings. The molecule has 2 heteroatoms. The second-order valence-corrected chi connectivity index (χ2v) is 3.84. The molecule has 1 N–H and O–H groups in total. The Morgan fingerprint density at radius 2 is 2.00 bits per heavy atom. The number of rotatable bonds is 1. The molecule has 1 heterocycles. The monoisotopic (exact) mass is 162 g/mol. The van der Waals surface area contributed by atoms with Gasteiger partial charge in [-0.2, -0.15) is 0 Å². The van der Waals surface area contributed by atoms with Crippen molar-refractivity contribution in [2.24, 2.45) is 5.41 Å². The van der Waals surface area contributed by atoms with E-state index in [0.717, 1.165) is 5.69 Å². The van der Waals surface area contributed by atoms with E-state index < -0.39 is 0 Å². The minimum Gasteiger partial charge on any atom is -0.303 e. The SMILES string of the molecule is CC(C)(C)C(=N)c1ccccn1. The first-order chi connectivity index (χ1) is 5.52. The van der Waals surface area contributed by atoms with E-state index >= 15 is 0 Å². The first-order valence-electron chi connectivity index (χ1n) is 4.02. The number of aromatic nitrogens is 1. The molecular formula is C10H14N2. The van der Waals surface area contributed by atoms with Crippen LogP contribution in [0.4, 0.5) is 0 Å². The third-order valence-corrected chi connectivity index (χ3v) is 1.67. The average molecular weight is 162 g/mol. The minimum atomic E-state index is -0.117. The van der Waals surface area contributed by atoms with Crippen LogP contribution in [0.25, 0.3) is 0 Å². The van der Waals surface area contributed by atoms with Crippen LogP contribution in [0.2, 0.25) is 0 Å². The summed E-state index contributed by atoms with van der Waals surface area (Å²) < 4.78 is 0. The fourth-order valence-corrected chi connectivity index (χ4v) is 0.895. The summed E-state index contributed by atoms with van der Waals surface area (Å²) in [5.41, 5.74) is 1.24. The maximum atomic E-state index is 7.82. The van der Waals surface area contributed by atoms with Crippen LogP contribution in [-0.2, 0) is 0 Å². The first-order valence-corrected chi connectivity index (χ1v) is 4.02. The lowest BCUT2D eigenvalue weighted by atomic mass is 9.88. The smallest absolute Gasteiger partial charge is 0.0842 e. The standard InChI is InChI=1S/C10H14N2/c1-10(2,3)9(11)8-6-4-5-7-12-8/h4-7,11H,1-3H3. The van der Waals surface area contributed by atoms with E-state index in [9.17, 15) is 0 Å². The van der Waals surface area contributed by atoms with Crippen molar-refractivity contribution in [3.05, 3.63) is 30.1 Å². The molecule has 0 aliphatic heterocycles. The van der Waals surface area contributed by atoms with Crippen LogP contribution < -0.4 is 0 Å². The van der Waals surface area contributed by atoms with Crippen LogP contribution in [0, 0.1) is 10.8 Å². The predicted molar refractivity (Wildman–Crippen MR) is 50.5 cm³/mol. The summed E-state index contributed by atoms with van der Waals surface area (Å²) in [6.07, 6.45) is 1.72. The normalized spacial score (nSPS) is 11.2. The van der Waals surface area contributed by atoms with Crippen LogP contribution in [0.1, 0.15) is 26.5 Å². The molecule has 0 bridgehead atoms. The first kappa shape index (κ1) is 8.91. The molecule has 0 spiro atoms. The zero-order valence-electron chi connectivity index (χ0n) is 7.76. The van der Waals surface area contributed by atoms with Crippen LogP contribution >= 0.6 is 0 Å². The molecular weight excluding hydrogens is 148 g/mol. The zero-order valence-corrected chi connectivity index (χ0v) is 7.76. The van der Waals surface area contributed by atoms with Crippen molar-refractivity contribution in [3.63, 3.8) is 0 Å². The highest BCUT2D eigenvalue weighted by Gasteiger charge is 2.19. The van der Waals surface area contributed by atoms with E-state index in [-0.39, 0.29) is 5.41 Å². The second-order valence-electron chi connectivity index (χ2n) is 3.84. The van der Waals surface area contributed by atoms with Crippen molar-refractivity contribution in [1.82, 2.24) is 4.98 Å². The molecule has 0 saturated heterocycles. The number of nitrogens with one attached hydrogen (secondary N) is 1. The lowest BCUT2D eigenvalue weighted by molar-refractivity contribution is 0.587. The van der Waals surface area contributed by atoms with Gasteiger partial charge in [0.25, 0.3) is 0 Å². The molecule has 0 unspecified atom stereocenters. The number of pyridine rings is 1. The van der Waals surface area contributed by atoms with E-state index in [1.165, 1.54) is 0 Å². The highest BCUT2D eigenvalue weighted by molar-refractivity contribution is 6.00. The Kier molecular flexibility index (Phi) is 2.27. The molecule has 0 aromatic carbocycles. The maximum absolute atomic E-state index is 7.82. The largest absolute Gasteiger partial charge is 0.303 e. The Morgan fingerprint density at radius 3 is 2.42 bits per heavy atom. The Balaban J connectivity index is 2.94. The van der Waals surface area contributed by atoms with Gasteiger partial charge in [-0.05, 0) is 12.1 Å². The summed E-state index contributed by atoms with van der Waals surface area (Å²) in [5.74, 6) is 0. The molecule has 1 rings (SSSR count). The van der Waals surface area contributed by atoms with Gasteiger partial charge in [-0.25, -0.2) is 0 Å². The van der Waals surface area contributed by atoms with Crippen LogP contribution in [0.15, 0.2) is 24.4 Å². The van der Waals surface area contributed by atoms with Crippen molar-refractivity contribution in [2.75, 3.05) is 0 Å². The highest BCUT2D eigenvalue weighted by atomic mass is 14.7. The van der Waals surface area contributed by atoms with Gasteiger partial charge in [-0.3, -0.25) is 4.98 Å². The summed E-state index contributed by atoms with van der Waals surface area (Å²) in [7, 11) is 0. The Labute approximate surface area is 73.2 Å². The van der Waals surface area contributed by atoms with E-state index in [4.69, 9.17) is 5.41 Å². The Morgan fingerprint density at radius 1 is 1.33 bits per heavy atom. The summed E-state index contributed by atoms with van der Waals surface area (Å²) >= 11 is 0. The second kappa shape index (κ2) is 3.05. The van der Waals surface area contributed by atoms with Gasteiger partial charge >= 0.3 is 0 Å². The van der Waals surface area contributed by atoms with E-state index in [1.807, 2.05) is 39.0 Å². The van der Waals surface area contributed by atoms with Gasteiger partial charge in [0, 0.05) is 11.6 Å². The van der Waals surface area contributed by atoms with E-state index in [0.29, 0.717) is 5.71 Å². The number of hydrogen-bond donors (Lipinski definition) is 1. The summed E-state index contributed by atoms with van der Waals surface area (Å²) in [4.78, 5) is 4.12. The molecule has 1 aromatic heterocycles. The average Bonchev–Trinajstić information content (AvgIpc) is 2.03. The molecule has 0 radical (unpaired) electrons. The molecule has 0 fully saturated rings. The molecule has 64 valence electrons. The van der Waals surface area contributed by atoms with Gasteiger partial charge in [0.05, 0.1) is 11.4 Å². The minimum absolute atomic E-state index is 0.117. The predicted octanol–water partition coefficient (Wildman–Crippen LogP) is 2.50. The molecule has 2 nitrogen and oxygen atoms in total. The quantitative estimate of drug-likeness (QED) is 0.633. The van der Waals surface area contributed by atoms with Gasteiger partial charge in [0.15, 0.2) is 0 Å². The Bertz CT molecular complexity index is 270. The van der Waals surface area contributed by atoms with Gasteiger partial charge in [-0.1, -0.05) is 26.8 Å². The third kappa shape index (κ3) is 1.91. The molecule has 1 aromatic rings. The van der Waals surface area contributed by atoms with Crippen LogP contribution in [0.3, 0.4) is 0 Å².